The van der Waals surface area contributed by atoms with Crippen molar-refractivity contribution in [2.24, 2.45) is 5.92 Å². The van der Waals surface area contributed by atoms with E-state index in [-0.39, 0.29) is 17.9 Å². The summed E-state index contributed by atoms with van der Waals surface area (Å²) in [6.07, 6.45) is 6.13. The van der Waals surface area contributed by atoms with E-state index in [0.717, 1.165) is 12.8 Å². The summed E-state index contributed by atoms with van der Waals surface area (Å²) in [5, 5.41) is 2.94. The molecule has 2 nitrogen and oxygen atoms in total. The predicted octanol–water partition coefficient (Wildman–Crippen LogP) is 1.48. The highest BCUT2D eigenvalue weighted by Crippen LogP contribution is 2.14. The van der Waals surface area contributed by atoms with Gasteiger partial charge in [-0.1, -0.05) is 19.1 Å². The van der Waals surface area contributed by atoms with Gasteiger partial charge in [0.05, 0.1) is 0 Å². The Hall–Kier alpha value is -0.790. The van der Waals surface area contributed by atoms with Crippen LogP contribution in [0.15, 0.2) is 12.2 Å². The smallest absolute Gasteiger partial charge is 0.223 e. The van der Waals surface area contributed by atoms with Gasteiger partial charge in [-0.15, -0.1) is 0 Å². The summed E-state index contributed by atoms with van der Waals surface area (Å²) in [6, 6.07) is 0.281. The quantitative estimate of drug-likeness (QED) is 0.568. The number of hydrogen-bond donors (Lipinski definition) is 1. The molecule has 2 heteroatoms. The maximum Gasteiger partial charge on any atom is 0.223 e. The summed E-state index contributed by atoms with van der Waals surface area (Å²) < 4.78 is 0. The van der Waals surface area contributed by atoms with Crippen LogP contribution >= 0.6 is 0 Å². The van der Waals surface area contributed by atoms with Crippen LogP contribution in [0.2, 0.25) is 0 Å². The monoisotopic (exact) mass is 153 g/mol. The summed E-state index contributed by atoms with van der Waals surface area (Å²) >= 11 is 0. The lowest BCUT2D eigenvalue weighted by atomic mass is 9.95. The lowest BCUT2D eigenvalue weighted by molar-refractivity contribution is -0.126. The van der Waals surface area contributed by atoms with E-state index in [0.29, 0.717) is 0 Å². The molecule has 0 saturated carbocycles. The van der Waals surface area contributed by atoms with Crippen LogP contribution in [-0.2, 0) is 4.79 Å². The Kier molecular flexibility index (Phi) is 2.69. The molecule has 0 radical (unpaired) electrons. The summed E-state index contributed by atoms with van der Waals surface area (Å²) in [5.74, 6) is 0.399. The van der Waals surface area contributed by atoms with Gasteiger partial charge < -0.3 is 5.32 Å². The summed E-state index contributed by atoms with van der Waals surface area (Å²) in [4.78, 5) is 11.1. The maximum absolute atomic E-state index is 11.1. The van der Waals surface area contributed by atoms with Crippen LogP contribution in [0.3, 0.4) is 0 Å². The zero-order chi connectivity index (χ0) is 8.27. The third-order valence-electron chi connectivity index (χ3n) is 2.11. The van der Waals surface area contributed by atoms with Gasteiger partial charge in [0, 0.05) is 12.0 Å². The maximum atomic E-state index is 11.1. The fraction of sp³-hybridized carbons (Fsp3) is 0.667. The van der Waals surface area contributed by atoms with Crippen molar-refractivity contribution in [3.05, 3.63) is 12.2 Å². The molecule has 1 rings (SSSR count). The van der Waals surface area contributed by atoms with E-state index in [1.807, 2.05) is 26.0 Å². The van der Waals surface area contributed by atoms with Gasteiger partial charge in [-0.3, -0.25) is 4.79 Å². The number of hydrogen-bond acceptors (Lipinski definition) is 1. The topological polar surface area (TPSA) is 29.1 Å². The molecule has 11 heavy (non-hydrogen) atoms. The van der Waals surface area contributed by atoms with Gasteiger partial charge in [0.25, 0.3) is 0 Å². The molecule has 1 fully saturated rings. The van der Waals surface area contributed by atoms with Crippen LogP contribution in [0.4, 0.5) is 0 Å². The highest BCUT2D eigenvalue weighted by molar-refractivity contribution is 5.79. The lowest BCUT2D eigenvalue weighted by Crippen LogP contribution is -2.41. The Morgan fingerprint density at radius 3 is 2.82 bits per heavy atom. The number of amides is 1. The largest absolute Gasteiger partial charge is 0.350 e. The van der Waals surface area contributed by atoms with Crippen molar-refractivity contribution >= 4 is 5.91 Å². The molecule has 0 aromatic heterocycles. The molecule has 1 N–H and O–H groups in total. The van der Waals surface area contributed by atoms with Crippen molar-refractivity contribution < 1.29 is 4.79 Å². The number of piperidine rings is 1. The van der Waals surface area contributed by atoms with E-state index in [1.165, 1.54) is 0 Å². The minimum absolute atomic E-state index is 0.194. The molecule has 1 amide bonds. The van der Waals surface area contributed by atoms with Crippen molar-refractivity contribution in [2.75, 3.05) is 0 Å². The van der Waals surface area contributed by atoms with Crippen molar-refractivity contribution in [1.29, 1.82) is 0 Å². The van der Waals surface area contributed by atoms with Crippen LogP contribution in [0, 0.1) is 5.92 Å². The van der Waals surface area contributed by atoms with Gasteiger partial charge in [-0.05, 0) is 19.8 Å². The molecule has 0 aliphatic carbocycles. The van der Waals surface area contributed by atoms with Gasteiger partial charge in [0.2, 0.25) is 5.91 Å². The van der Waals surface area contributed by atoms with Crippen LogP contribution in [0.5, 0.6) is 0 Å². The zero-order valence-corrected chi connectivity index (χ0v) is 7.13. The fourth-order valence-corrected chi connectivity index (χ4v) is 1.33. The number of allylic oxidation sites excluding steroid dienone is 1. The fourth-order valence-electron chi connectivity index (χ4n) is 1.33. The Balaban J connectivity index is 2.46. The van der Waals surface area contributed by atoms with E-state index >= 15 is 0 Å². The van der Waals surface area contributed by atoms with Crippen molar-refractivity contribution in [1.82, 2.24) is 5.32 Å². The molecular formula is C9H15NO. The standard InChI is InChI=1S/C9H15NO/c1-3-4-8-6-5-7(2)9(11)10-8/h3-4,7-8H,5-6H2,1-2H3,(H,10,11)/b4-3+. The minimum atomic E-state index is 0.194. The van der Waals surface area contributed by atoms with Gasteiger partial charge >= 0.3 is 0 Å². The normalized spacial score (nSPS) is 32.4. The van der Waals surface area contributed by atoms with Gasteiger partial charge in [0.1, 0.15) is 0 Å². The van der Waals surface area contributed by atoms with E-state index < -0.39 is 0 Å². The Bertz CT molecular complexity index is 174. The second kappa shape index (κ2) is 3.56. The van der Waals surface area contributed by atoms with Crippen molar-refractivity contribution in [3.8, 4) is 0 Å². The Morgan fingerprint density at radius 1 is 1.55 bits per heavy atom. The molecule has 1 aliphatic heterocycles. The Labute approximate surface area is 67.7 Å². The second-order valence-corrected chi connectivity index (χ2v) is 3.12. The third kappa shape index (κ3) is 2.07. The average Bonchev–Trinajstić information content (AvgIpc) is 1.98. The number of rotatable bonds is 1. The molecule has 0 bridgehead atoms. The highest BCUT2D eigenvalue weighted by atomic mass is 16.2. The predicted molar refractivity (Wildman–Crippen MR) is 45.1 cm³/mol. The Morgan fingerprint density at radius 2 is 2.27 bits per heavy atom. The van der Waals surface area contributed by atoms with Crippen LogP contribution in [-0.4, -0.2) is 11.9 Å². The first-order valence-corrected chi connectivity index (χ1v) is 4.17. The van der Waals surface area contributed by atoms with Crippen molar-refractivity contribution in [3.63, 3.8) is 0 Å². The first kappa shape index (κ1) is 8.31. The van der Waals surface area contributed by atoms with Crippen LogP contribution in [0.1, 0.15) is 26.7 Å². The third-order valence-corrected chi connectivity index (χ3v) is 2.11. The molecule has 0 aromatic rings. The van der Waals surface area contributed by atoms with E-state index in [2.05, 4.69) is 5.32 Å². The highest BCUT2D eigenvalue weighted by Gasteiger charge is 2.21. The van der Waals surface area contributed by atoms with Gasteiger partial charge in [-0.25, -0.2) is 0 Å². The first-order chi connectivity index (χ1) is 5.24. The average molecular weight is 153 g/mol. The lowest BCUT2D eigenvalue weighted by Gasteiger charge is -2.24. The number of carbonyl (C=O) groups is 1. The molecule has 2 atom stereocenters. The molecule has 1 saturated heterocycles. The van der Waals surface area contributed by atoms with E-state index in [1.54, 1.807) is 0 Å². The SMILES string of the molecule is C/C=C/C1CCC(C)C(=O)N1. The molecule has 2 unspecified atom stereocenters. The number of nitrogens with one attached hydrogen (secondary N) is 1. The summed E-state index contributed by atoms with van der Waals surface area (Å²) in [6.45, 7) is 3.95. The van der Waals surface area contributed by atoms with Crippen LogP contribution in [0.25, 0.3) is 0 Å². The first-order valence-electron chi connectivity index (χ1n) is 4.17. The van der Waals surface area contributed by atoms with E-state index in [4.69, 9.17) is 0 Å². The molecule has 0 spiro atoms. The van der Waals surface area contributed by atoms with Gasteiger partial charge in [0.15, 0.2) is 0 Å². The van der Waals surface area contributed by atoms with Gasteiger partial charge in [-0.2, -0.15) is 0 Å². The van der Waals surface area contributed by atoms with Crippen molar-refractivity contribution in [2.45, 2.75) is 32.7 Å². The molecule has 1 heterocycles. The molecule has 0 aromatic carbocycles. The summed E-state index contributed by atoms with van der Waals surface area (Å²) in [7, 11) is 0. The molecular weight excluding hydrogens is 138 g/mol. The summed E-state index contributed by atoms with van der Waals surface area (Å²) in [5.41, 5.74) is 0. The number of carbonyl (C=O) groups excluding carboxylic acids is 1. The van der Waals surface area contributed by atoms with E-state index in [9.17, 15) is 4.79 Å². The minimum Gasteiger partial charge on any atom is -0.350 e. The van der Waals surface area contributed by atoms with Crippen LogP contribution < -0.4 is 5.32 Å². The molecule has 62 valence electrons. The molecule has 1 aliphatic rings. The zero-order valence-electron chi connectivity index (χ0n) is 7.13. The second-order valence-electron chi connectivity index (χ2n) is 3.12.